The van der Waals surface area contributed by atoms with E-state index in [1.54, 1.807) is 31.2 Å². The Kier molecular flexibility index (Phi) is 7.75. The lowest BCUT2D eigenvalue weighted by atomic mass is 9.77. The van der Waals surface area contributed by atoms with Gasteiger partial charge in [-0.25, -0.2) is 4.79 Å². The monoisotopic (exact) mass is 597 g/mol. The fourth-order valence-corrected chi connectivity index (χ4v) is 5.73. The summed E-state index contributed by atoms with van der Waals surface area (Å²) in [6.07, 6.45) is 0. The predicted octanol–water partition coefficient (Wildman–Crippen LogP) is 5.85. The van der Waals surface area contributed by atoms with Crippen LogP contribution in [0.25, 0.3) is 22.4 Å². The lowest BCUT2D eigenvalue weighted by Gasteiger charge is -2.32. The molecule has 2 aliphatic rings. The molecule has 0 N–H and O–H groups in total. The second-order valence-electron chi connectivity index (χ2n) is 13.1. The Bertz CT molecular complexity index is 1500. The van der Waals surface area contributed by atoms with Crippen LogP contribution in [0, 0.1) is 0 Å². The molecule has 2 heterocycles. The molecule has 8 nitrogen and oxygen atoms in total. The van der Waals surface area contributed by atoms with Gasteiger partial charge in [0.05, 0.1) is 17.8 Å². The van der Waals surface area contributed by atoms with E-state index in [2.05, 4.69) is 29.8 Å². The SMILES string of the molecule is CCOC(=O)c1nn(COCC[Si](C)(C)C)nc1-c1ccc2c(c1)C(F)(F)c1cc(B3OC(C)(C)C(C)(C)O3)ccc1-2. The van der Waals surface area contributed by atoms with E-state index in [1.807, 2.05) is 27.7 Å². The molecule has 0 atom stereocenters. The van der Waals surface area contributed by atoms with E-state index in [9.17, 15) is 4.79 Å². The molecule has 1 aliphatic carbocycles. The summed E-state index contributed by atoms with van der Waals surface area (Å²) in [5.74, 6) is -3.97. The molecule has 1 aliphatic heterocycles. The number of nitrogens with zero attached hydrogens (tertiary/aromatic N) is 3. The molecule has 42 heavy (non-hydrogen) atoms. The summed E-state index contributed by atoms with van der Waals surface area (Å²) in [6.45, 7) is 16.8. The molecule has 0 bridgehead atoms. The first-order valence-electron chi connectivity index (χ1n) is 14.3. The Morgan fingerprint density at radius 2 is 1.60 bits per heavy atom. The molecule has 3 aromatic rings. The van der Waals surface area contributed by atoms with Gasteiger partial charge < -0.3 is 18.8 Å². The van der Waals surface area contributed by atoms with Crippen molar-refractivity contribution in [3.05, 3.63) is 53.2 Å². The van der Waals surface area contributed by atoms with Crippen molar-refractivity contribution in [3.63, 3.8) is 0 Å². The Hall–Kier alpha value is -2.93. The Balaban J connectivity index is 1.46. The average molecular weight is 598 g/mol. The molecular formula is C30H38BF2N3O5Si. The van der Waals surface area contributed by atoms with Gasteiger partial charge in [0, 0.05) is 31.4 Å². The van der Waals surface area contributed by atoms with Crippen LogP contribution in [0.15, 0.2) is 36.4 Å². The highest BCUT2D eigenvalue weighted by Gasteiger charge is 2.53. The highest BCUT2D eigenvalue weighted by atomic mass is 28.3. The van der Waals surface area contributed by atoms with E-state index in [0.29, 0.717) is 28.8 Å². The van der Waals surface area contributed by atoms with Crippen LogP contribution >= 0.6 is 0 Å². The normalized spacial score (nSPS) is 18.2. The van der Waals surface area contributed by atoms with Gasteiger partial charge in [0.25, 0.3) is 5.92 Å². The molecule has 0 unspecified atom stereocenters. The number of carbonyl (C=O) groups is 1. The van der Waals surface area contributed by atoms with Gasteiger partial charge >= 0.3 is 13.1 Å². The molecule has 1 aromatic heterocycles. The van der Waals surface area contributed by atoms with Crippen molar-refractivity contribution in [1.29, 1.82) is 0 Å². The van der Waals surface area contributed by atoms with Crippen LogP contribution < -0.4 is 5.46 Å². The lowest BCUT2D eigenvalue weighted by Crippen LogP contribution is -2.41. The second kappa shape index (κ2) is 10.7. The summed E-state index contributed by atoms with van der Waals surface area (Å²) in [4.78, 5) is 14.0. The number of rotatable bonds is 9. The highest BCUT2D eigenvalue weighted by Crippen LogP contribution is 2.51. The number of halogens is 2. The summed E-state index contributed by atoms with van der Waals surface area (Å²) >= 11 is 0. The highest BCUT2D eigenvalue weighted by molar-refractivity contribution is 6.76. The number of aromatic nitrogens is 3. The molecule has 2 aromatic carbocycles. The second-order valence-corrected chi connectivity index (χ2v) is 18.7. The number of ether oxygens (including phenoxy) is 2. The molecule has 224 valence electrons. The summed E-state index contributed by atoms with van der Waals surface area (Å²) in [6, 6.07) is 10.6. The Morgan fingerprint density at radius 1 is 0.976 bits per heavy atom. The Morgan fingerprint density at radius 3 is 2.21 bits per heavy atom. The Labute approximate surface area is 246 Å². The molecule has 1 saturated heterocycles. The number of fused-ring (bicyclic) bond motifs is 3. The van der Waals surface area contributed by atoms with E-state index < -0.39 is 38.3 Å². The van der Waals surface area contributed by atoms with Crippen molar-refractivity contribution >= 4 is 26.6 Å². The summed E-state index contributed by atoms with van der Waals surface area (Å²) < 4.78 is 55.2. The minimum absolute atomic E-state index is 0.0329. The fraction of sp³-hybridized carbons (Fsp3) is 0.500. The van der Waals surface area contributed by atoms with Gasteiger partial charge in [0.2, 0.25) is 0 Å². The average Bonchev–Trinajstić information content (AvgIpc) is 3.49. The van der Waals surface area contributed by atoms with E-state index in [1.165, 1.54) is 16.9 Å². The van der Waals surface area contributed by atoms with Gasteiger partial charge in [-0.05, 0) is 63.3 Å². The van der Waals surface area contributed by atoms with Crippen molar-refractivity contribution in [2.24, 2.45) is 0 Å². The van der Waals surface area contributed by atoms with Gasteiger partial charge in [-0.2, -0.15) is 18.7 Å². The smallest absolute Gasteiger partial charge is 0.461 e. The van der Waals surface area contributed by atoms with Crippen LogP contribution in [0.2, 0.25) is 25.7 Å². The van der Waals surface area contributed by atoms with Crippen molar-refractivity contribution in [3.8, 4) is 22.4 Å². The van der Waals surface area contributed by atoms with Crippen LogP contribution in [0.4, 0.5) is 8.78 Å². The third-order valence-electron chi connectivity index (χ3n) is 8.16. The maximum Gasteiger partial charge on any atom is 0.494 e. The first-order valence-corrected chi connectivity index (χ1v) is 18.0. The molecule has 0 amide bonds. The predicted molar refractivity (Wildman–Crippen MR) is 160 cm³/mol. The molecule has 5 rings (SSSR count). The first-order chi connectivity index (χ1) is 19.5. The topological polar surface area (TPSA) is 84.7 Å². The summed E-state index contributed by atoms with van der Waals surface area (Å²) in [5, 5.41) is 8.74. The van der Waals surface area contributed by atoms with Crippen molar-refractivity contribution in [1.82, 2.24) is 15.0 Å². The molecule has 0 radical (unpaired) electrons. The number of benzene rings is 2. The van der Waals surface area contributed by atoms with Crippen LogP contribution in [0.3, 0.4) is 0 Å². The molecule has 12 heteroatoms. The number of hydrogen-bond acceptors (Lipinski definition) is 7. The van der Waals surface area contributed by atoms with Crippen LogP contribution in [0.1, 0.15) is 56.2 Å². The maximum absolute atomic E-state index is 16.1. The van der Waals surface area contributed by atoms with Gasteiger partial charge in [0.15, 0.2) is 12.4 Å². The van der Waals surface area contributed by atoms with E-state index in [-0.39, 0.29) is 35.9 Å². The zero-order valence-electron chi connectivity index (χ0n) is 25.5. The van der Waals surface area contributed by atoms with Crippen molar-refractivity contribution in [2.75, 3.05) is 13.2 Å². The largest absolute Gasteiger partial charge is 0.494 e. The fourth-order valence-electron chi connectivity index (χ4n) is 4.98. The van der Waals surface area contributed by atoms with Crippen molar-refractivity contribution in [2.45, 2.75) is 84.2 Å². The minimum atomic E-state index is -3.29. The van der Waals surface area contributed by atoms with E-state index in [0.717, 1.165) is 6.04 Å². The third kappa shape index (κ3) is 5.57. The van der Waals surface area contributed by atoms with Gasteiger partial charge in [0.1, 0.15) is 5.69 Å². The number of esters is 1. The van der Waals surface area contributed by atoms with Gasteiger partial charge in [-0.3, -0.25) is 0 Å². The number of carbonyl (C=O) groups excluding carboxylic acids is 1. The summed E-state index contributed by atoms with van der Waals surface area (Å²) in [5.41, 5.74) is 0.358. The molecule has 0 spiro atoms. The lowest BCUT2D eigenvalue weighted by molar-refractivity contribution is 0.00578. The van der Waals surface area contributed by atoms with Crippen LogP contribution in [-0.4, -0.2) is 60.6 Å². The number of hydrogen-bond donors (Lipinski definition) is 0. The zero-order valence-corrected chi connectivity index (χ0v) is 26.5. The number of alkyl halides is 2. The maximum atomic E-state index is 16.1. The molecule has 1 fully saturated rings. The molecule has 0 saturated carbocycles. The van der Waals surface area contributed by atoms with E-state index >= 15 is 8.78 Å². The zero-order chi connectivity index (χ0) is 30.7. The van der Waals surface area contributed by atoms with Crippen LogP contribution in [0.5, 0.6) is 0 Å². The third-order valence-corrected chi connectivity index (χ3v) is 9.86. The van der Waals surface area contributed by atoms with E-state index in [4.69, 9.17) is 18.8 Å². The molecular weight excluding hydrogens is 559 g/mol. The quantitative estimate of drug-likeness (QED) is 0.174. The van der Waals surface area contributed by atoms with Crippen LogP contribution in [-0.2, 0) is 31.4 Å². The first kappa shape index (κ1) is 30.5. The van der Waals surface area contributed by atoms with Crippen molar-refractivity contribution < 1.29 is 32.4 Å². The standard InChI is InChI=1S/C30H38BF2N3O5Si/c1-9-39-27(37)26-25(34-36(35-26)18-38-14-15-42(6,7)8)19-10-12-21-22-13-11-20(17-24(22)30(32,33)23(21)16-19)31-40-28(2,3)29(4,5)41-31/h10-13,16-17H,9,14-15,18H2,1-8H3. The summed E-state index contributed by atoms with van der Waals surface area (Å²) in [7, 11) is -2.05. The van der Waals surface area contributed by atoms with Gasteiger partial charge in [-0.1, -0.05) is 50.0 Å². The van der Waals surface area contributed by atoms with Gasteiger partial charge in [-0.15, -0.1) is 5.10 Å². The minimum Gasteiger partial charge on any atom is -0.461 e.